The maximum absolute atomic E-state index is 12.8. The van der Waals surface area contributed by atoms with Gasteiger partial charge in [0.15, 0.2) is 9.84 Å². The Morgan fingerprint density at radius 3 is 2.47 bits per heavy atom. The van der Waals surface area contributed by atoms with Gasteiger partial charge in [-0.25, -0.2) is 8.42 Å². The number of para-hydroxylation sites is 1. The number of nitrogens with one attached hydrogen (secondary N) is 1. The van der Waals surface area contributed by atoms with Gasteiger partial charge in [-0.3, -0.25) is 9.69 Å². The summed E-state index contributed by atoms with van der Waals surface area (Å²) in [7, 11) is -3.54. The predicted molar refractivity (Wildman–Crippen MR) is 119 cm³/mol. The standard InChI is InChI=1S/C21H21Cl2N3O3S/c22-16-5-6-17(23)20(14-16)30(28,29)12-11-25-7-9-26(10-8-25)21(27)19-13-15-3-1-2-4-18(15)24-19/h1-6,13-14,24H,7-12H2. The maximum Gasteiger partial charge on any atom is 0.270 e. The van der Waals surface area contributed by atoms with Crippen molar-refractivity contribution in [2.24, 2.45) is 0 Å². The molecule has 1 amide bonds. The molecule has 0 saturated carbocycles. The quantitative estimate of drug-likeness (QED) is 0.623. The van der Waals surface area contributed by atoms with Crippen molar-refractivity contribution in [2.75, 3.05) is 38.5 Å². The molecule has 0 unspecified atom stereocenters. The van der Waals surface area contributed by atoms with Crippen LogP contribution in [0.1, 0.15) is 10.5 Å². The SMILES string of the molecule is O=C(c1cc2ccccc2[nH]1)N1CCN(CCS(=O)(=O)c2cc(Cl)ccc2Cl)CC1. The molecule has 1 aliphatic rings. The predicted octanol–water partition coefficient (Wildman–Crippen LogP) is 3.71. The molecule has 2 heterocycles. The lowest BCUT2D eigenvalue weighted by molar-refractivity contribution is 0.0639. The highest BCUT2D eigenvalue weighted by atomic mass is 35.5. The van der Waals surface area contributed by atoms with E-state index < -0.39 is 9.84 Å². The number of aromatic nitrogens is 1. The van der Waals surface area contributed by atoms with Crippen LogP contribution in [0.4, 0.5) is 0 Å². The lowest BCUT2D eigenvalue weighted by Crippen LogP contribution is -2.49. The molecule has 2 aromatic carbocycles. The van der Waals surface area contributed by atoms with Crippen LogP contribution in [0, 0.1) is 0 Å². The van der Waals surface area contributed by atoms with E-state index in [1.807, 2.05) is 35.2 Å². The number of piperazine rings is 1. The van der Waals surface area contributed by atoms with E-state index in [0.29, 0.717) is 43.4 Å². The first kappa shape index (κ1) is 21.2. The number of nitrogens with zero attached hydrogens (tertiary/aromatic N) is 2. The van der Waals surface area contributed by atoms with Crippen molar-refractivity contribution in [3.63, 3.8) is 0 Å². The minimum absolute atomic E-state index is 0.0378. The van der Waals surface area contributed by atoms with Crippen LogP contribution in [0.3, 0.4) is 0 Å². The van der Waals surface area contributed by atoms with Crippen molar-refractivity contribution in [3.05, 3.63) is 64.3 Å². The summed E-state index contributed by atoms with van der Waals surface area (Å²) in [5.74, 6) is -0.0903. The van der Waals surface area contributed by atoms with Gasteiger partial charge < -0.3 is 9.88 Å². The Bertz CT molecular complexity index is 1150. The van der Waals surface area contributed by atoms with Gasteiger partial charge in [0.2, 0.25) is 0 Å². The number of halogens is 2. The highest BCUT2D eigenvalue weighted by Gasteiger charge is 2.25. The monoisotopic (exact) mass is 465 g/mol. The molecule has 158 valence electrons. The molecule has 0 spiro atoms. The summed E-state index contributed by atoms with van der Waals surface area (Å²) < 4.78 is 25.3. The first-order chi connectivity index (χ1) is 14.3. The number of hydrogen-bond acceptors (Lipinski definition) is 4. The van der Waals surface area contributed by atoms with Gasteiger partial charge >= 0.3 is 0 Å². The summed E-state index contributed by atoms with van der Waals surface area (Å²) in [5.41, 5.74) is 1.51. The number of carbonyl (C=O) groups excluding carboxylic acids is 1. The molecule has 9 heteroatoms. The smallest absolute Gasteiger partial charge is 0.270 e. The molecule has 1 aliphatic heterocycles. The van der Waals surface area contributed by atoms with Gasteiger partial charge in [0.1, 0.15) is 5.69 Å². The molecule has 6 nitrogen and oxygen atoms in total. The van der Waals surface area contributed by atoms with Crippen LogP contribution in [-0.2, 0) is 9.84 Å². The van der Waals surface area contributed by atoms with Crippen molar-refractivity contribution >= 4 is 49.8 Å². The molecule has 1 saturated heterocycles. The molecule has 0 atom stereocenters. The number of rotatable bonds is 5. The summed E-state index contributed by atoms with van der Waals surface area (Å²) >= 11 is 12.0. The minimum atomic E-state index is -3.54. The molecule has 0 radical (unpaired) electrons. The number of benzene rings is 2. The van der Waals surface area contributed by atoms with Crippen LogP contribution < -0.4 is 0 Å². The molecule has 0 aliphatic carbocycles. The maximum atomic E-state index is 12.8. The molecule has 1 N–H and O–H groups in total. The lowest BCUT2D eigenvalue weighted by atomic mass is 10.2. The highest BCUT2D eigenvalue weighted by Crippen LogP contribution is 2.26. The van der Waals surface area contributed by atoms with Gasteiger partial charge in [-0.1, -0.05) is 41.4 Å². The number of fused-ring (bicyclic) bond motifs is 1. The Hall–Kier alpha value is -2.06. The van der Waals surface area contributed by atoms with Crippen molar-refractivity contribution in [3.8, 4) is 0 Å². The summed E-state index contributed by atoms with van der Waals surface area (Å²) in [4.78, 5) is 19.9. The van der Waals surface area contributed by atoms with E-state index in [1.54, 1.807) is 11.0 Å². The fraction of sp³-hybridized carbons (Fsp3) is 0.286. The first-order valence-corrected chi connectivity index (χ1v) is 12.0. The molecular formula is C21H21Cl2N3O3S. The van der Waals surface area contributed by atoms with Crippen LogP contribution in [0.2, 0.25) is 10.0 Å². The summed E-state index contributed by atoms with van der Waals surface area (Å²) in [6.07, 6.45) is 0. The van der Waals surface area contributed by atoms with Gasteiger partial charge in [-0.2, -0.15) is 0 Å². The molecule has 0 bridgehead atoms. The normalized spacial score (nSPS) is 15.6. The zero-order valence-electron chi connectivity index (χ0n) is 16.1. The van der Waals surface area contributed by atoms with Gasteiger partial charge in [0.25, 0.3) is 5.91 Å². The average molecular weight is 466 g/mol. The molecule has 1 aromatic heterocycles. The Morgan fingerprint density at radius 1 is 1.00 bits per heavy atom. The van der Waals surface area contributed by atoms with E-state index in [0.717, 1.165) is 10.9 Å². The third-order valence-corrected chi connectivity index (χ3v) is 7.73. The van der Waals surface area contributed by atoms with E-state index in [2.05, 4.69) is 4.98 Å². The van der Waals surface area contributed by atoms with Crippen LogP contribution in [0.15, 0.2) is 53.4 Å². The first-order valence-electron chi connectivity index (χ1n) is 9.61. The van der Waals surface area contributed by atoms with E-state index >= 15 is 0 Å². The van der Waals surface area contributed by atoms with E-state index in [4.69, 9.17) is 23.2 Å². The second-order valence-corrected chi connectivity index (χ2v) is 10.2. The van der Waals surface area contributed by atoms with Crippen molar-refractivity contribution < 1.29 is 13.2 Å². The zero-order valence-corrected chi connectivity index (χ0v) is 18.5. The molecule has 1 fully saturated rings. The zero-order chi connectivity index (χ0) is 21.3. The fourth-order valence-corrected chi connectivity index (χ4v) is 5.71. The van der Waals surface area contributed by atoms with Gasteiger partial charge in [0, 0.05) is 48.6 Å². The number of carbonyl (C=O) groups is 1. The Kier molecular flexibility index (Phi) is 6.06. The highest BCUT2D eigenvalue weighted by molar-refractivity contribution is 7.91. The number of aromatic amines is 1. The Balaban J connectivity index is 1.34. The number of amides is 1. The number of sulfone groups is 1. The summed E-state index contributed by atoms with van der Waals surface area (Å²) in [6.45, 7) is 2.70. The van der Waals surface area contributed by atoms with E-state index in [1.165, 1.54) is 12.1 Å². The van der Waals surface area contributed by atoms with Gasteiger partial charge in [-0.15, -0.1) is 0 Å². The van der Waals surface area contributed by atoms with Crippen molar-refractivity contribution in [1.82, 2.24) is 14.8 Å². The van der Waals surface area contributed by atoms with E-state index in [9.17, 15) is 13.2 Å². The summed E-state index contributed by atoms with van der Waals surface area (Å²) in [6, 6.07) is 14.1. The van der Waals surface area contributed by atoms with Crippen LogP contribution in [-0.4, -0.2) is 67.6 Å². The number of H-pyrrole nitrogens is 1. The molecular weight excluding hydrogens is 445 g/mol. The van der Waals surface area contributed by atoms with E-state index in [-0.39, 0.29) is 21.6 Å². The second kappa shape index (κ2) is 8.59. The average Bonchev–Trinajstić information content (AvgIpc) is 3.18. The topological polar surface area (TPSA) is 73.5 Å². The minimum Gasteiger partial charge on any atom is -0.351 e. The largest absolute Gasteiger partial charge is 0.351 e. The van der Waals surface area contributed by atoms with Crippen LogP contribution in [0.5, 0.6) is 0 Å². The number of hydrogen-bond donors (Lipinski definition) is 1. The van der Waals surface area contributed by atoms with Crippen LogP contribution >= 0.6 is 23.2 Å². The van der Waals surface area contributed by atoms with Gasteiger partial charge in [-0.05, 0) is 30.3 Å². The Labute approximate surface area is 185 Å². The lowest BCUT2D eigenvalue weighted by Gasteiger charge is -2.34. The third kappa shape index (κ3) is 4.49. The molecule has 4 rings (SSSR count). The summed E-state index contributed by atoms with van der Waals surface area (Å²) in [5, 5.41) is 1.51. The molecule has 30 heavy (non-hydrogen) atoms. The Morgan fingerprint density at radius 2 is 1.73 bits per heavy atom. The fourth-order valence-electron chi connectivity index (χ4n) is 3.61. The second-order valence-electron chi connectivity index (χ2n) is 7.30. The van der Waals surface area contributed by atoms with Crippen molar-refractivity contribution in [1.29, 1.82) is 0 Å². The third-order valence-electron chi connectivity index (χ3n) is 5.32. The molecule has 3 aromatic rings. The van der Waals surface area contributed by atoms with Crippen molar-refractivity contribution in [2.45, 2.75) is 4.90 Å². The van der Waals surface area contributed by atoms with Gasteiger partial charge in [0.05, 0.1) is 15.7 Å². The van der Waals surface area contributed by atoms with Crippen LogP contribution in [0.25, 0.3) is 10.9 Å².